The van der Waals surface area contributed by atoms with Gasteiger partial charge >= 0.3 is 0 Å². The molecule has 0 aliphatic heterocycles. The van der Waals surface area contributed by atoms with Crippen molar-refractivity contribution in [3.05, 3.63) is 18.0 Å². The first-order valence-corrected chi connectivity index (χ1v) is 11.0. The molecule has 0 amide bonds. The lowest BCUT2D eigenvalue weighted by Crippen LogP contribution is -2.37. The maximum Gasteiger partial charge on any atom is 0.224 e. The van der Waals surface area contributed by atoms with Gasteiger partial charge in [0.25, 0.3) is 0 Å². The first-order valence-electron chi connectivity index (χ1n) is 11.0. The number of anilines is 1. The average molecular weight is 401 g/mol. The van der Waals surface area contributed by atoms with E-state index in [2.05, 4.69) is 29.1 Å². The molecule has 2 fully saturated rings. The zero-order valence-corrected chi connectivity index (χ0v) is 17.3. The van der Waals surface area contributed by atoms with Gasteiger partial charge in [-0.1, -0.05) is 13.3 Å². The zero-order valence-electron chi connectivity index (χ0n) is 17.3. The Labute approximate surface area is 171 Å². The van der Waals surface area contributed by atoms with Gasteiger partial charge in [0.15, 0.2) is 0 Å². The molecule has 1 atom stereocenters. The number of nitrogens with zero attached hydrogens (tertiary/aromatic N) is 3. The van der Waals surface area contributed by atoms with Crippen LogP contribution in [0.3, 0.4) is 0 Å². The molecule has 2 aliphatic rings. The second kappa shape index (κ2) is 8.79. The van der Waals surface area contributed by atoms with Crippen molar-refractivity contribution in [2.45, 2.75) is 95.5 Å². The third-order valence-corrected chi connectivity index (χ3v) is 6.20. The predicted octanol–water partition coefficient (Wildman–Crippen LogP) is 3.55. The Kier molecular flexibility index (Phi) is 6.15. The Balaban J connectivity index is 1.66. The average Bonchev–Trinajstić information content (AvgIpc) is 2.68. The lowest BCUT2D eigenvalue weighted by Gasteiger charge is -2.31. The topological polar surface area (TPSA) is 100 Å². The van der Waals surface area contributed by atoms with Crippen molar-refractivity contribution in [1.82, 2.24) is 15.0 Å². The highest BCUT2D eigenvalue weighted by molar-refractivity contribution is 5.86. The van der Waals surface area contributed by atoms with Crippen molar-refractivity contribution in [1.29, 1.82) is 0 Å². The van der Waals surface area contributed by atoms with Gasteiger partial charge in [-0.25, -0.2) is 15.0 Å². The van der Waals surface area contributed by atoms with Crippen LogP contribution in [-0.4, -0.2) is 49.5 Å². The molecule has 29 heavy (non-hydrogen) atoms. The van der Waals surface area contributed by atoms with E-state index in [0.29, 0.717) is 36.6 Å². The van der Waals surface area contributed by atoms with E-state index in [1.165, 1.54) is 0 Å². The number of rotatable bonds is 7. The minimum Gasteiger partial charge on any atom is -0.474 e. The van der Waals surface area contributed by atoms with Crippen LogP contribution in [-0.2, 0) is 0 Å². The fourth-order valence-corrected chi connectivity index (χ4v) is 4.38. The number of aromatic nitrogens is 3. The first kappa shape index (κ1) is 20.3. The third kappa shape index (κ3) is 4.61. The summed E-state index contributed by atoms with van der Waals surface area (Å²) in [6.45, 7) is 4.31. The molecule has 4 rings (SSSR count). The zero-order chi connectivity index (χ0) is 20.4. The molecular weight excluding hydrogens is 368 g/mol. The van der Waals surface area contributed by atoms with Crippen molar-refractivity contribution >= 4 is 16.9 Å². The summed E-state index contributed by atoms with van der Waals surface area (Å²) in [4.78, 5) is 14.0. The molecule has 0 bridgehead atoms. The lowest BCUT2D eigenvalue weighted by atomic mass is 9.83. The van der Waals surface area contributed by atoms with E-state index in [0.717, 1.165) is 55.0 Å². The highest BCUT2D eigenvalue weighted by atomic mass is 16.5. The maximum absolute atomic E-state index is 9.89. The highest BCUT2D eigenvalue weighted by Crippen LogP contribution is 2.38. The summed E-state index contributed by atoms with van der Waals surface area (Å²) in [5.41, 5.74) is 2.00. The van der Waals surface area contributed by atoms with Crippen LogP contribution in [0.25, 0.3) is 10.9 Å². The predicted molar refractivity (Wildman–Crippen MR) is 112 cm³/mol. The molecule has 2 aromatic rings. The third-order valence-electron chi connectivity index (χ3n) is 6.20. The van der Waals surface area contributed by atoms with E-state index >= 15 is 0 Å². The number of ether oxygens (including phenoxy) is 1. The molecule has 7 heteroatoms. The van der Waals surface area contributed by atoms with Gasteiger partial charge in [0.05, 0.1) is 23.1 Å². The van der Waals surface area contributed by atoms with Gasteiger partial charge in [-0.05, 0) is 44.9 Å². The normalized spacial score (nSPS) is 28.0. The summed E-state index contributed by atoms with van der Waals surface area (Å²) < 4.78 is 6.04. The molecule has 7 nitrogen and oxygen atoms in total. The van der Waals surface area contributed by atoms with Crippen LogP contribution < -0.4 is 10.1 Å². The fourth-order valence-electron chi connectivity index (χ4n) is 4.38. The molecule has 2 saturated carbocycles. The number of hydrogen-bond donors (Lipinski definition) is 3. The quantitative estimate of drug-likeness (QED) is 0.653. The Bertz CT molecular complexity index is 832. The number of fused-ring (bicyclic) bond motifs is 1. The molecule has 2 aromatic heterocycles. The summed E-state index contributed by atoms with van der Waals surface area (Å²) >= 11 is 0. The van der Waals surface area contributed by atoms with Gasteiger partial charge in [-0.2, -0.15) is 0 Å². The Hall–Kier alpha value is -1.99. The van der Waals surface area contributed by atoms with Gasteiger partial charge < -0.3 is 20.3 Å². The van der Waals surface area contributed by atoms with Crippen LogP contribution in [0.1, 0.15) is 76.7 Å². The molecule has 0 saturated heterocycles. The highest BCUT2D eigenvalue weighted by Gasteiger charge is 2.31. The van der Waals surface area contributed by atoms with E-state index in [1.807, 2.05) is 12.4 Å². The number of aliphatic hydroxyl groups is 2. The molecule has 0 aromatic carbocycles. The van der Waals surface area contributed by atoms with Gasteiger partial charge in [-0.15, -0.1) is 0 Å². The molecule has 158 valence electrons. The summed E-state index contributed by atoms with van der Waals surface area (Å²) in [7, 11) is 0. The van der Waals surface area contributed by atoms with Crippen molar-refractivity contribution in [2.75, 3.05) is 5.32 Å². The molecule has 0 radical (unpaired) electrons. The van der Waals surface area contributed by atoms with Crippen LogP contribution >= 0.6 is 0 Å². The number of aliphatic hydroxyl groups excluding tert-OH is 2. The van der Waals surface area contributed by atoms with Crippen LogP contribution in [0.4, 0.5) is 5.95 Å². The van der Waals surface area contributed by atoms with Crippen LogP contribution in [0, 0.1) is 0 Å². The molecule has 3 N–H and O–H groups in total. The van der Waals surface area contributed by atoms with Crippen LogP contribution in [0.2, 0.25) is 0 Å². The fraction of sp³-hybridized carbons (Fsp3) is 0.682. The number of hydrogen-bond acceptors (Lipinski definition) is 7. The molecular formula is C22H32N4O3. The van der Waals surface area contributed by atoms with Crippen LogP contribution in [0.15, 0.2) is 12.4 Å². The second-order valence-electron chi connectivity index (χ2n) is 8.68. The molecule has 1 unspecified atom stereocenters. The summed E-state index contributed by atoms with van der Waals surface area (Å²) in [6, 6.07) is 0.305. The van der Waals surface area contributed by atoms with Gasteiger partial charge in [-0.3, -0.25) is 0 Å². The van der Waals surface area contributed by atoms with Crippen molar-refractivity contribution < 1.29 is 14.9 Å². The summed E-state index contributed by atoms with van der Waals surface area (Å²) in [5, 5.41) is 23.7. The number of pyridine rings is 1. The lowest BCUT2D eigenvalue weighted by molar-refractivity contribution is -0.0120. The SMILES string of the molecule is CCCC(C)Nc1ncc2c(O[C@H]3C[C@H](O)C3)ncc([C@H]3CC[C@H](O)CC3)c2n1. The van der Waals surface area contributed by atoms with Gasteiger partial charge in [0.1, 0.15) is 6.10 Å². The Morgan fingerprint density at radius 1 is 1.10 bits per heavy atom. The summed E-state index contributed by atoms with van der Waals surface area (Å²) in [5.74, 6) is 1.51. The van der Waals surface area contributed by atoms with E-state index in [4.69, 9.17) is 9.72 Å². The summed E-state index contributed by atoms with van der Waals surface area (Å²) in [6.07, 6.45) is 10.2. The maximum atomic E-state index is 9.89. The van der Waals surface area contributed by atoms with E-state index in [-0.39, 0.29) is 18.3 Å². The Morgan fingerprint density at radius 2 is 1.86 bits per heavy atom. The minimum absolute atomic E-state index is 0.00115. The van der Waals surface area contributed by atoms with E-state index in [1.54, 1.807) is 0 Å². The van der Waals surface area contributed by atoms with Gasteiger partial charge in [0.2, 0.25) is 11.8 Å². The minimum atomic E-state index is -0.272. The van der Waals surface area contributed by atoms with Crippen molar-refractivity contribution in [2.24, 2.45) is 0 Å². The van der Waals surface area contributed by atoms with E-state index in [9.17, 15) is 10.2 Å². The monoisotopic (exact) mass is 400 g/mol. The second-order valence-corrected chi connectivity index (χ2v) is 8.68. The number of nitrogens with one attached hydrogen (secondary N) is 1. The molecule has 2 heterocycles. The molecule has 2 aliphatic carbocycles. The van der Waals surface area contributed by atoms with Crippen molar-refractivity contribution in [3.8, 4) is 5.88 Å². The van der Waals surface area contributed by atoms with Gasteiger partial charge in [0, 0.05) is 36.8 Å². The standard InChI is InChI=1S/C22H32N4O3/c1-3-4-13(2)25-22-24-12-19-20(26-22)18(14-5-7-15(27)8-6-14)11-23-21(19)29-17-9-16(28)10-17/h11-17,27-28H,3-10H2,1-2H3,(H,24,25,26)/t13?,14-,15-,16-,17-. The molecule has 0 spiro atoms. The Morgan fingerprint density at radius 3 is 2.55 bits per heavy atom. The smallest absolute Gasteiger partial charge is 0.224 e. The largest absolute Gasteiger partial charge is 0.474 e. The first-order chi connectivity index (χ1) is 14.0. The van der Waals surface area contributed by atoms with Crippen molar-refractivity contribution in [3.63, 3.8) is 0 Å². The van der Waals surface area contributed by atoms with Crippen LogP contribution in [0.5, 0.6) is 5.88 Å². The van der Waals surface area contributed by atoms with E-state index < -0.39 is 0 Å².